The Bertz CT molecular complexity index is 290. The zero-order valence-corrected chi connectivity index (χ0v) is 8.38. The molecule has 0 heterocycles. The maximum absolute atomic E-state index is 3.62. The van der Waals surface area contributed by atoms with E-state index in [9.17, 15) is 0 Å². The van der Waals surface area contributed by atoms with Crippen molar-refractivity contribution in [3.05, 3.63) is 60.6 Å². The van der Waals surface area contributed by atoms with Crippen molar-refractivity contribution >= 4 is 0 Å². The average molecular weight is 172 g/mol. The van der Waals surface area contributed by atoms with E-state index in [1.165, 1.54) is 0 Å². The summed E-state index contributed by atoms with van der Waals surface area (Å²) in [4.78, 5) is 0. The van der Waals surface area contributed by atoms with E-state index in [1.54, 1.807) is 6.08 Å². The minimum Gasteiger partial charge on any atom is -0.129 e. The zero-order valence-electron chi connectivity index (χ0n) is 8.38. The molecule has 13 heavy (non-hydrogen) atoms. The Labute approximate surface area is 81.0 Å². The molecule has 0 fully saturated rings. The van der Waals surface area contributed by atoms with Crippen LogP contribution in [-0.4, -0.2) is 0 Å². The van der Waals surface area contributed by atoms with Crippen LogP contribution in [0.5, 0.6) is 0 Å². The SMILES string of the molecule is C=C=C(C)C(C=C=CC)C=CC=C. The van der Waals surface area contributed by atoms with Crippen molar-refractivity contribution < 1.29 is 0 Å². The second kappa shape index (κ2) is 7.18. The van der Waals surface area contributed by atoms with Crippen LogP contribution in [-0.2, 0) is 0 Å². The molecule has 0 rings (SSSR count). The van der Waals surface area contributed by atoms with Gasteiger partial charge in [0.1, 0.15) is 0 Å². The van der Waals surface area contributed by atoms with Gasteiger partial charge in [0.05, 0.1) is 0 Å². The van der Waals surface area contributed by atoms with Gasteiger partial charge in [-0.05, 0) is 31.6 Å². The van der Waals surface area contributed by atoms with Crippen LogP contribution in [0.1, 0.15) is 13.8 Å². The molecule has 0 aliphatic heterocycles. The first-order chi connectivity index (χ1) is 6.26. The number of hydrogen-bond acceptors (Lipinski definition) is 0. The zero-order chi connectivity index (χ0) is 10.1. The second-order valence-electron chi connectivity index (χ2n) is 2.63. The summed E-state index contributed by atoms with van der Waals surface area (Å²) < 4.78 is 0. The predicted molar refractivity (Wildman–Crippen MR) is 59.5 cm³/mol. The highest BCUT2D eigenvalue weighted by atomic mass is 14.0. The third-order valence-corrected chi connectivity index (χ3v) is 1.68. The molecule has 0 spiro atoms. The molecule has 0 nitrogen and oxygen atoms in total. The molecule has 68 valence electrons. The largest absolute Gasteiger partial charge is 0.129 e. The molecule has 0 aliphatic rings. The van der Waals surface area contributed by atoms with Gasteiger partial charge in [0.15, 0.2) is 0 Å². The number of rotatable bonds is 4. The minimum atomic E-state index is 0.228. The fourth-order valence-corrected chi connectivity index (χ4v) is 0.841. The van der Waals surface area contributed by atoms with Gasteiger partial charge in [-0.15, -0.1) is 11.5 Å². The Balaban J connectivity index is 4.75. The highest BCUT2D eigenvalue weighted by molar-refractivity contribution is 5.19. The Hall–Kier alpha value is -1.48. The lowest BCUT2D eigenvalue weighted by Gasteiger charge is -2.03. The molecule has 0 radical (unpaired) electrons. The lowest BCUT2D eigenvalue weighted by atomic mass is 10.0. The van der Waals surface area contributed by atoms with Crippen molar-refractivity contribution in [1.29, 1.82) is 0 Å². The van der Waals surface area contributed by atoms with Gasteiger partial charge in [0.25, 0.3) is 0 Å². The van der Waals surface area contributed by atoms with Gasteiger partial charge in [-0.1, -0.05) is 31.4 Å². The van der Waals surface area contributed by atoms with Crippen LogP contribution in [0.2, 0.25) is 0 Å². The molecule has 1 atom stereocenters. The van der Waals surface area contributed by atoms with E-state index in [2.05, 4.69) is 24.6 Å². The summed E-state index contributed by atoms with van der Waals surface area (Å²) in [6, 6.07) is 0. The highest BCUT2D eigenvalue weighted by Gasteiger charge is 1.99. The fourth-order valence-electron chi connectivity index (χ4n) is 0.841. The fraction of sp³-hybridized carbons (Fsp3) is 0.231. The van der Waals surface area contributed by atoms with E-state index < -0.39 is 0 Å². The van der Waals surface area contributed by atoms with Crippen molar-refractivity contribution in [2.75, 3.05) is 0 Å². The maximum Gasteiger partial charge on any atom is 0.0308 e. The number of hydrogen-bond donors (Lipinski definition) is 0. The topological polar surface area (TPSA) is 0 Å². The van der Waals surface area contributed by atoms with Gasteiger partial charge in [-0.2, -0.15) is 0 Å². The van der Waals surface area contributed by atoms with Crippen molar-refractivity contribution in [2.45, 2.75) is 13.8 Å². The predicted octanol–water partition coefficient (Wildman–Crippen LogP) is 3.81. The molecule has 0 aromatic heterocycles. The summed E-state index contributed by atoms with van der Waals surface area (Å²) in [5.74, 6) is 0.228. The first-order valence-corrected chi connectivity index (χ1v) is 4.29. The van der Waals surface area contributed by atoms with Crippen molar-refractivity contribution in [3.8, 4) is 0 Å². The molecule has 0 aromatic carbocycles. The lowest BCUT2D eigenvalue weighted by Crippen LogP contribution is -1.91. The van der Waals surface area contributed by atoms with Gasteiger partial charge in [-0.3, -0.25) is 0 Å². The standard InChI is InChI=1S/C13H16/c1-5-8-10-13(11-9-6-2)12(4)7-3/h5-6,8,10-11,13H,1,3H2,2,4H3. The van der Waals surface area contributed by atoms with Crippen LogP contribution >= 0.6 is 0 Å². The third-order valence-electron chi connectivity index (χ3n) is 1.68. The monoisotopic (exact) mass is 172 g/mol. The van der Waals surface area contributed by atoms with E-state index >= 15 is 0 Å². The molecule has 0 aromatic rings. The Morgan fingerprint density at radius 2 is 2.15 bits per heavy atom. The van der Waals surface area contributed by atoms with Crippen molar-refractivity contribution in [3.63, 3.8) is 0 Å². The maximum atomic E-state index is 3.62. The molecule has 0 heteroatoms. The third kappa shape index (κ3) is 4.87. The molecular weight excluding hydrogens is 156 g/mol. The van der Waals surface area contributed by atoms with E-state index in [0.29, 0.717) is 0 Å². The van der Waals surface area contributed by atoms with Crippen LogP contribution in [0.15, 0.2) is 60.6 Å². The quantitative estimate of drug-likeness (QED) is 0.447. The van der Waals surface area contributed by atoms with Gasteiger partial charge >= 0.3 is 0 Å². The normalized spacial score (nSPS) is 11.2. The Morgan fingerprint density at radius 1 is 1.46 bits per heavy atom. The van der Waals surface area contributed by atoms with Gasteiger partial charge in [0.2, 0.25) is 0 Å². The van der Waals surface area contributed by atoms with E-state index in [-0.39, 0.29) is 5.92 Å². The Kier molecular flexibility index (Phi) is 6.37. The summed E-state index contributed by atoms with van der Waals surface area (Å²) >= 11 is 0. The summed E-state index contributed by atoms with van der Waals surface area (Å²) in [6.45, 7) is 11.2. The first-order valence-electron chi connectivity index (χ1n) is 4.29. The molecule has 1 unspecified atom stereocenters. The summed E-state index contributed by atoms with van der Waals surface area (Å²) in [7, 11) is 0. The van der Waals surface area contributed by atoms with Crippen LogP contribution in [0.4, 0.5) is 0 Å². The lowest BCUT2D eigenvalue weighted by molar-refractivity contribution is 0.973. The summed E-state index contributed by atoms with van der Waals surface area (Å²) in [5.41, 5.74) is 7.02. The highest BCUT2D eigenvalue weighted by Crippen LogP contribution is 2.11. The van der Waals surface area contributed by atoms with E-state index in [0.717, 1.165) is 5.57 Å². The van der Waals surface area contributed by atoms with Crippen molar-refractivity contribution in [1.82, 2.24) is 0 Å². The summed E-state index contributed by atoms with van der Waals surface area (Å²) in [6.07, 6.45) is 9.57. The van der Waals surface area contributed by atoms with Crippen LogP contribution in [0.3, 0.4) is 0 Å². The minimum absolute atomic E-state index is 0.228. The van der Waals surface area contributed by atoms with Crippen LogP contribution in [0.25, 0.3) is 0 Å². The molecule has 0 bridgehead atoms. The molecular formula is C13H16. The molecule has 0 amide bonds. The Morgan fingerprint density at radius 3 is 2.62 bits per heavy atom. The molecule has 0 N–H and O–H groups in total. The summed E-state index contributed by atoms with van der Waals surface area (Å²) in [5, 5.41) is 0. The molecule has 0 saturated carbocycles. The van der Waals surface area contributed by atoms with E-state index in [4.69, 9.17) is 0 Å². The first kappa shape index (κ1) is 11.5. The van der Waals surface area contributed by atoms with E-state index in [1.807, 2.05) is 38.2 Å². The molecule has 0 aliphatic carbocycles. The average Bonchev–Trinajstić information content (AvgIpc) is 2.17. The second-order valence-corrected chi connectivity index (χ2v) is 2.63. The van der Waals surface area contributed by atoms with Crippen molar-refractivity contribution in [2.24, 2.45) is 5.92 Å². The van der Waals surface area contributed by atoms with Gasteiger partial charge < -0.3 is 0 Å². The smallest absolute Gasteiger partial charge is 0.0308 e. The van der Waals surface area contributed by atoms with Gasteiger partial charge in [0, 0.05) is 5.92 Å². The van der Waals surface area contributed by atoms with Crippen LogP contribution < -0.4 is 0 Å². The molecule has 0 saturated heterocycles. The van der Waals surface area contributed by atoms with Crippen LogP contribution in [0, 0.1) is 5.92 Å². The van der Waals surface area contributed by atoms with Gasteiger partial charge in [-0.25, -0.2) is 0 Å². The number of allylic oxidation sites excluding steroid dienone is 5.